The van der Waals surface area contributed by atoms with Gasteiger partial charge in [-0.05, 0) is 48.5 Å². The number of hydrogen-bond donors (Lipinski definition) is 1. The number of anilines is 1. The largest absolute Gasteiger partial charge is 0.322 e. The maximum Gasteiger partial charge on any atom is 0.258 e. The molecule has 110 valence electrons. The van der Waals surface area contributed by atoms with Crippen LogP contribution in [0.1, 0.15) is 10.4 Å². The van der Waals surface area contributed by atoms with Gasteiger partial charge in [-0.1, -0.05) is 11.6 Å². The first-order valence-electron chi connectivity index (χ1n) is 6.49. The zero-order valence-corrected chi connectivity index (χ0v) is 12.1. The molecule has 0 saturated carbocycles. The predicted molar refractivity (Wildman–Crippen MR) is 82.9 cm³/mol. The Morgan fingerprint density at radius 2 is 1.77 bits per heavy atom. The average molecular weight is 316 g/mol. The van der Waals surface area contributed by atoms with Gasteiger partial charge in [-0.25, -0.2) is 9.07 Å². The van der Waals surface area contributed by atoms with Gasteiger partial charge in [-0.15, -0.1) is 0 Å². The number of benzene rings is 2. The number of amides is 1. The van der Waals surface area contributed by atoms with E-state index in [1.54, 1.807) is 42.6 Å². The summed E-state index contributed by atoms with van der Waals surface area (Å²) >= 11 is 5.79. The topological polar surface area (TPSA) is 46.9 Å². The highest BCUT2D eigenvalue weighted by molar-refractivity contribution is 6.30. The van der Waals surface area contributed by atoms with E-state index in [4.69, 9.17) is 11.6 Å². The summed E-state index contributed by atoms with van der Waals surface area (Å²) in [6.07, 6.45) is 3.03. The minimum atomic E-state index is -0.323. The predicted octanol–water partition coefficient (Wildman–Crippen LogP) is 3.92. The van der Waals surface area contributed by atoms with E-state index in [-0.39, 0.29) is 11.7 Å². The second kappa shape index (κ2) is 5.99. The van der Waals surface area contributed by atoms with Crippen molar-refractivity contribution in [2.24, 2.45) is 0 Å². The van der Waals surface area contributed by atoms with Crippen molar-refractivity contribution < 1.29 is 9.18 Å². The Labute approximate surface area is 131 Å². The third-order valence-electron chi connectivity index (χ3n) is 3.04. The van der Waals surface area contributed by atoms with Gasteiger partial charge in [0.2, 0.25) is 0 Å². The van der Waals surface area contributed by atoms with Crippen molar-refractivity contribution in [1.82, 2.24) is 9.78 Å². The molecule has 3 aromatic rings. The lowest BCUT2D eigenvalue weighted by molar-refractivity contribution is 0.102. The van der Waals surface area contributed by atoms with Gasteiger partial charge in [-0.2, -0.15) is 5.10 Å². The Hall–Kier alpha value is -2.66. The fourth-order valence-corrected chi connectivity index (χ4v) is 2.04. The van der Waals surface area contributed by atoms with E-state index in [1.165, 1.54) is 23.0 Å². The summed E-state index contributed by atoms with van der Waals surface area (Å²) in [5.74, 6) is -0.604. The van der Waals surface area contributed by atoms with E-state index >= 15 is 0 Å². The number of hydrogen-bond acceptors (Lipinski definition) is 2. The Balaban J connectivity index is 1.76. The van der Waals surface area contributed by atoms with Crippen LogP contribution in [0.3, 0.4) is 0 Å². The summed E-state index contributed by atoms with van der Waals surface area (Å²) in [5, 5.41) is 7.45. The van der Waals surface area contributed by atoms with Gasteiger partial charge >= 0.3 is 0 Å². The van der Waals surface area contributed by atoms with Gasteiger partial charge in [-0.3, -0.25) is 4.79 Å². The minimum absolute atomic E-state index is 0.282. The van der Waals surface area contributed by atoms with Crippen molar-refractivity contribution in [3.8, 4) is 5.69 Å². The third kappa shape index (κ3) is 3.15. The first kappa shape index (κ1) is 14.3. The monoisotopic (exact) mass is 315 g/mol. The molecule has 0 aliphatic heterocycles. The van der Waals surface area contributed by atoms with Crippen LogP contribution in [0, 0.1) is 5.82 Å². The molecular formula is C16H11ClFN3O. The number of halogens is 2. The average Bonchev–Trinajstić information content (AvgIpc) is 3.00. The van der Waals surface area contributed by atoms with Crippen molar-refractivity contribution in [3.05, 3.63) is 77.3 Å². The molecule has 0 unspecified atom stereocenters. The quantitative estimate of drug-likeness (QED) is 0.796. The van der Waals surface area contributed by atoms with Crippen molar-refractivity contribution in [2.45, 2.75) is 0 Å². The molecule has 0 aliphatic carbocycles. The molecule has 3 rings (SSSR count). The van der Waals surface area contributed by atoms with E-state index < -0.39 is 0 Å². The molecule has 0 radical (unpaired) electrons. The second-order valence-electron chi connectivity index (χ2n) is 4.61. The summed E-state index contributed by atoms with van der Waals surface area (Å²) in [6, 6.07) is 12.7. The van der Waals surface area contributed by atoms with Crippen LogP contribution in [0.25, 0.3) is 5.69 Å². The molecule has 4 nitrogen and oxygen atoms in total. The molecule has 1 aromatic heterocycles. The fraction of sp³-hybridized carbons (Fsp3) is 0. The van der Waals surface area contributed by atoms with Gasteiger partial charge in [0, 0.05) is 16.9 Å². The molecule has 0 bridgehead atoms. The van der Waals surface area contributed by atoms with E-state index in [0.717, 1.165) is 0 Å². The van der Waals surface area contributed by atoms with Crippen molar-refractivity contribution in [2.75, 3.05) is 5.32 Å². The summed E-state index contributed by atoms with van der Waals surface area (Å²) in [6.45, 7) is 0. The number of aromatic nitrogens is 2. The lowest BCUT2D eigenvalue weighted by Crippen LogP contribution is -2.10. The number of rotatable bonds is 3. The highest BCUT2D eigenvalue weighted by Gasteiger charge is 2.10. The van der Waals surface area contributed by atoms with Crippen LogP contribution < -0.4 is 5.32 Å². The van der Waals surface area contributed by atoms with Gasteiger partial charge in [0.05, 0.1) is 17.4 Å². The summed E-state index contributed by atoms with van der Waals surface area (Å²) in [4.78, 5) is 12.1. The second-order valence-corrected chi connectivity index (χ2v) is 5.05. The van der Waals surface area contributed by atoms with Crippen LogP contribution in [0.2, 0.25) is 5.02 Å². The van der Waals surface area contributed by atoms with E-state index in [9.17, 15) is 9.18 Å². The summed E-state index contributed by atoms with van der Waals surface area (Å²) in [7, 11) is 0. The van der Waals surface area contributed by atoms with E-state index in [1.807, 2.05) is 0 Å². The Morgan fingerprint density at radius 1 is 1.09 bits per heavy atom. The molecule has 6 heteroatoms. The molecule has 0 fully saturated rings. The molecule has 0 aliphatic rings. The maximum atomic E-state index is 12.9. The molecule has 1 heterocycles. The SMILES string of the molecule is O=C(Nc1ccc(Cl)cc1)c1cnn(-c2ccc(F)cc2)c1. The molecule has 22 heavy (non-hydrogen) atoms. The smallest absolute Gasteiger partial charge is 0.258 e. The number of nitrogens with one attached hydrogen (secondary N) is 1. The van der Waals surface area contributed by atoms with Gasteiger partial charge < -0.3 is 5.32 Å². The molecule has 0 atom stereocenters. The van der Waals surface area contributed by atoms with Gasteiger partial charge in [0.15, 0.2) is 0 Å². The zero-order valence-electron chi connectivity index (χ0n) is 11.3. The van der Waals surface area contributed by atoms with Gasteiger partial charge in [0.1, 0.15) is 5.82 Å². The Bertz CT molecular complexity index is 797. The Kier molecular flexibility index (Phi) is 3.89. The molecule has 0 saturated heterocycles. The standard InChI is InChI=1S/C16H11ClFN3O/c17-12-1-5-14(6-2-12)20-16(22)11-9-19-21(10-11)15-7-3-13(18)4-8-15/h1-10H,(H,20,22). The minimum Gasteiger partial charge on any atom is -0.322 e. The van der Waals surface area contributed by atoms with E-state index in [0.29, 0.717) is 22.0 Å². The third-order valence-corrected chi connectivity index (χ3v) is 3.29. The van der Waals surface area contributed by atoms with Crippen LogP contribution in [-0.4, -0.2) is 15.7 Å². The van der Waals surface area contributed by atoms with Crippen LogP contribution in [0.15, 0.2) is 60.9 Å². The molecular weight excluding hydrogens is 305 g/mol. The van der Waals surface area contributed by atoms with Crippen LogP contribution in [0.5, 0.6) is 0 Å². The lowest BCUT2D eigenvalue weighted by atomic mass is 10.3. The zero-order chi connectivity index (χ0) is 15.5. The van der Waals surface area contributed by atoms with Crippen molar-refractivity contribution in [1.29, 1.82) is 0 Å². The number of carbonyl (C=O) groups is 1. The molecule has 2 aromatic carbocycles. The summed E-state index contributed by atoms with van der Waals surface area (Å²) in [5.41, 5.74) is 1.72. The van der Waals surface area contributed by atoms with Crippen molar-refractivity contribution in [3.63, 3.8) is 0 Å². The molecule has 1 N–H and O–H groups in total. The first-order chi connectivity index (χ1) is 10.6. The van der Waals surface area contributed by atoms with E-state index in [2.05, 4.69) is 10.4 Å². The summed E-state index contributed by atoms with van der Waals surface area (Å²) < 4.78 is 14.4. The fourth-order valence-electron chi connectivity index (χ4n) is 1.91. The lowest BCUT2D eigenvalue weighted by Gasteiger charge is -2.03. The van der Waals surface area contributed by atoms with Gasteiger partial charge in [0.25, 0.3) is 5.91 Å². The number of nitrogens with zero attached hydrogens (tertiary/aromatic N) is 2. The highest BCUT2D eigenvalue weighted by Crippen LogP contribution is 2.15. The molecule has 0 spiro atoms. The number of carbonyl (C=O) groups excluding carboxylic acids is 1. The van der Waals surface area contributed by atoms with Crippen LogP contribution in [0.4, 0.5) is 10.1 Å². The van der Waals surface area contributed by atoms with Crippen LogP contribution in [-0.2, 0) is 0 Å². The van der Waals surface area contributed by atoms with Crippen LogP contribution >= 0.6 is 11.6 Å². The molecule has 1 amide bonds. The normalized spacial score (nSPS) is 10.5. The van der Waals surface area contributed by atoms with Crippen molar-refractivity contribution >= 4 is 23.2 Å². The maximum absolute atomic E-state index is 12.9. The first-order valence-corrected chi connectivity index (χ1v) is 6.87. The Morgan fingerprint density at radius 3 is 2.45 bits per heavy atom. The highest BCUT2D eigenvalue weighted by atomic mass is 35.5.